The van der Waals surface area contributed by atoms with Crippen molar-refractivity contribution in [1.82, 2.24) is 15.1 Å². The maximum absolute atomic E-state index is 12.6. The maximum Gasteiger partial charge on any atom is 0.275 e. The van der Waals surface area contributed by atoms with Crippen LogP contribution in [0.1, 0.15) is 23.6 Å². The van der Waals surface area contributed by atoms with E-state index in [1.54, 1.807) is 32.5 Å². The minimum atomic E-state index is -0.272. The minimum Gasteiger partial charge on any atom is -0.493 e. The first-order chi connectivity index (χ1) is 13.6. The van der Waals surface area contributed by atoms with Gasteiger partial charge in [0.1, 0.15) is 6.54 Å². The number of hydrogen-bond acceptors (Lipinski definition) is 5. The Balaban J connectivity index is 1.53. The largest absolute Gasteiger partial charge is 0.493 e. The fourth-order valence-corrected chi connectivity index (χ4v) is 3.70. The van der Waals surface area contributed by atoms with Crippen molar-refractivity contribution in [3.63, 3.8) is 0 Å². The van der Waals surface area contributed by atoms with Crippen molar-refractivity contribution < 1.29 is 14.3 Å². The van der Waals surface area contributed by atoms with Crippen LogP contribution in [0.15, 0.2) is 47.4 Å². The molecular weight excluding hydrogens is 358 g/mol. The van der Waals surface area contributed by atoms with Crippen LogP contribution >= 0.6 is 0 Å². The molecule has 2 aromatic carbocycles. The van der Waals surface area contributed by atoms with E-state index in [2.05, 4.69) is 10.4 Å². The number of amides is 1. The summed E-state index contributed by atoms with van der Waals surface area (Å²) in [5.74, 6) is 1.06. The van der Waals surface area contributed by atoms with E-state index < -0.39 is 0 Å². The van der Waals surface area contributed by atoms with E-state index in [9.17, 15) is 9.59 Å². The lowest BCUT2D eigenvalue weighted by Crippen LogP contribution is -2.35. The highest BCUT2D eigenvalue weighted by atomic mass is 16.5. The minimum absolute atomic E-state index is 0.122. The molecule has 28 heavy (non-hydrogen) atoms. The summed E-state index contributed by atoms with van der Waals surface area (Å²) in [7, 11) is 3.19. The van der Waals surface area contributed by atoms with E-state index >= 15 is 0 Å². The molecule has 0 spiro atoms. The van der Waals surface area contributed by atoms with Crippen molar-refractivity contribution in [2.45, 2.75) is 25.4 Å². The van der Waals surface area contributed by atoms with Crippen molar-refractivity contribution in [2.24, 2.45) is 0 Å². The van der Waals surface area contributed by atoms with Crippen LogP contribution in [0.25, 0.3) is 10.8 Å². The van der Waals surface area contributed by atoms with Gasteiger partial charge in [-0.25, -0.2) is 4.68 Å². The van der Waals surface area contributed by atoms with Gasteiger partial charge in [-0.05, 0) is 42.2 Å². The summed E-state index contributed by atoms with van der Waals surface area (Å²) in [5.41, 5.74) is 1.88. The lowest BCUT2D eigenvalue weighted by Gasteiger charge is -2.16. The molecule has 0 bridgehead atoms. The Hall–Kier alpha value is -3.35. The number of hydrogen-bond donors (Lipinski definition) is 1. The third-order valence-corrected chi connectivity index (χ3v) is 5.11. The van der Waals surface area contributed by atoms with E-state index in [1.807, 2.05) is 24.3 Å². The van der Waals surface area contributed by atoms with Crippen molar-refractivity contribution in [1.29, 1.82) is 0 Å². The Kier molecular flexibility index (Phi) is 4.73. The maximum atomic E-state index is 12.6. The molecule has 0 saturated heterocycles. The molecule has 3 aromatic rings. The summed E-state index contributed by atoms with van der Waals surface area (Å²) >= 11 is 0. The second-order valence-corrected chi connectivity index (χ2v) is 6.76. The van der Waals surface area contributed by atoms with Gasteiger partial charge < -0.3 is 14.8 Å². The van der Waals surface area contributed by atoms with Crippen molar-refractivity contribution in [3.8, 4) is 11.5 Å². The SMILES string of the molecule is COc1cc2c(cc1OC)[C@@H](NC(=O)Cn1ncc3ccccc3c1=O)CC2. The topological polar surface area (TPSA) is 82.4 Å². The lowest BCUT2D eigenvalue weighted by molar-refractivity contribution is -0.122. The Morgan fingerprint density at radius 2 is 1.96 bits per heavy atom. The number of methoxy groups -OCH3 is 2. The third-order valence-electron chi connectivity index (χ3n) is 5.11. The monoisotopic (exact) mass is 379 g/mol. The molecule has 0 saturated carbocycles. The van der Waals surface area contributed by atoms with Gasteiger partial charge in [-0.2, -0.15) is 5.10 Å². The summed E-state index contributed by atoms with van der Waals surface area (Å²) in [6.07, 6.45) is 3.23. The molecule has 1 N–H and O–H groups in total. The Morgan fingerprint density at radius 3 is 2.75 bits per heavy atom. The Labute approximate surface area is 161 Å². The number of rotatable bonds is 5. The van der Waals surface area contributed by atoms with Gasteiger partial charge in [0.2, 0.25) is 5.91 Å². The highest BCUT2D eigenvalue weighted by Gasteiger charge is 2.26. The summed E-state index contributed by atoms with van der Waals surface area (Å²) in [4.78, 5) is 25.1. The summed E-state index contributed by atoms with van der Waals surface area (Å²) < 4.78 is 11.9. The zero-order valence-corrected chi connectivity index (χ0v) is 15.8. The van der Waals surface area contributed by atoms with Gasteiger partial charge in [0, 0.05) is 5.39 Å². The highest BCUT2D eigenvalue weighted by Crippen LogP contribution is 2.39. The number of carbonyl (C=O) groups excluding carboxylic acids is 1. The zero-order valence-electron chi connectivity index (χ0n) is 15.8. The van der Waals surface area contributed by atoms with Gasteiger partial charge >= 0.3 is 0 Å². The third kappa shape index (κ3) is 3.19. The van der Waals surface area contributed by atoms with Crippen molar-refractivity contribution >= 4 is 16.7 Å². The molecule has 1 heterocycles. The number of carbonyl (C=O) groups is 1. The average molecular weight is 379 g/mol. The molecular formula is C21H21N3O4. The van der Waals surface area contributed by atoms with Crippen LogP contribution in [0.3, 0.4) is 0 Å². The molecule has 0 aliphatic heterocycles. The average Bonchev–Trinajstić information content (AvgIpc) is 3.10. The van der Waals surface area contributed by atoms with Gasteiger partial charge in [0.15, 0.2) is 11.5 Å². The molecule has 1 aromatic heterocycles. The second kappa shape index (κ2) is 7.34. The van der Waals surface area contributed by atoms with E-state index in [4.69, 9.17) is 9.47 Å². The van der Waals surface area contributed by atoms with Crippen LogP contribution in [0.2, 0.25) is 0 Å². The van der Waals surface area contributed by atoms with Gasteiger partial charge in [0.25, 0.3) is 5.56 Å². The Morgan fingerprint density at radius 1 is 1.21 bits per heavy atom. The molecule has 1 aliphatic rings. The normalized spacial score (nSPS) is 15.3. The molecule has 1 amide bonds. The molecule has 1 aliphatic carbocycles. The molecule has 0 radical (unpaired) electrons. The fourth-order valence-electron chi connectivity index (χ4n) is 3.70. The predicted octanol–water partition coefficient (Wildman–Crippen LogP) is 2.22. The number of aryl methyl sites for hydroxylation is 1. The van der Waals surface area contributed by atoms with Crippen LogP contribution in [0, 0.1) is 0 Å². The van der Waals surface area contributed by atoms with Gasteiger partial charge in [-0.3, -0.25) is 9.59 Å². The van der Waals surface area contributed by atoms with Gasteiger partial charge in [0.05, 0.1) is 31.8 Å². The number of nitrogens with one attached hydrogen (secondary N) is 1. The standard InChI is InChI=1S/C21H21N3O4/c1-27-18-9-13-7-8-17(16(13)10-19(18)28-2)23-20(25)12-24-21(26)15-6-4-3-5-14(15)11-22-24/h3-6,9-11,17H,7-8,12H2,1-2H3,(H,23,25)/t17-/m0/s1. The number of nitrogens with zero attached hydrogens (tertiary/aromatic N) is 2. The number of aromatic nitrogens is 2. The number of benzene rings is 2. The van der Waals surface area contributed by atoms with Crippen LogP contribution in [-0.4, -0.2) is 29.9 Å². The molecule has 1 atom stereocenters. The fraction of sp³-hybridized carbons (Fsp3) is 0.286. The molecule has 7 nitrogen and oxygen atoms in total. The summed E-state index contributed by atoms with van der Waals surface area (Å²) in [5, 5.41) is 8.44. The molecule has 0 fully saturated rings. The van der Waals surface area contributed by atoms with Gasteiger partial charge in [-0.15, -0.1) is 0 Å². The second-order valence-electron chi connectivity index (χ2n) is 6.76. The van der Waals surface area contributed by atoms with E-state index in [0.29, 0.717) is 16.9 Å². The van der Waals surface area contributed by atoms with E-state index in [-0.39, 0.29) is 24.1 Å². The zero-order chi connectivity index (χ0) is 19.7. The van der Waals surface area contributed by atoms with Crippen LogP contribution in [0.4, 0.5) is 0 Å². The predicted molar refractivity (Wildman–Crippen MR) is 105 cm³/mol. The summed E-state index contributed by atoms with van der Waals surface area (Å²) in [6.45, 7) is -0.122. The molecule has 4 rings (SSSR count). The van der Waals surface area contributed by atoms with E-state index in [1.165, 1.54) is 4.68 Å². The molecule has 0 unspecified atom stereocenters. The lowest BCUT2D eigenvalue weighted by atomic mass is 10.1. The smallest absolute Gasteiger partial charge is 0.275 e. The number of fused-ring (bicyclic) bond motifs is 2. The number of ether oxygens (including phenoxy) is 2. The van der Waals surface area contributed by atoms with Gasteiger partial charge in [-0.1, -0.05) is 18.2 Å². The first kappa shape index (κ1) is 18.0. The molecule has 7 heteroatoms. The van der Waals surface area contributed by atoms with Crippen molar-refractivity contribution in [2.75, 3.05) is 14.2 Å². The first-order valence-electron chi connectivity index (χ1n) is 9.09. The van der Waals surface area contributed by atoms with Crippen molar-refractivity contribution in [3.05, 3.63) is 64.1 Å². The van der Waals surface area contributed by atoms with E-state index in [0.717, 1.165) is 29.4 Å². The molecule has 144 valence electrons. The highest BCUT2D eigenvalue weighted by molar-refractivity contribution is 5.81. The quantitative estimate of drug-likeness (QED) is 0.735. The first-order valence-corrected chi connectivity index (χ1v) is 9.09. The van der Waals surface area contributed by atoms with Crippen LogP contribution in [0.5, 0.6) is 11.5 Å². The van der Waals surface area contributed by atoms with Crippen LogP contribution in [-0.2, 0) is 17.8 Å². The van der Waals surface area contributed by atoms with Crippen LogP contribution < -0.4 is 20.3 Å². The summed E-state index contributed by atoms with van der Waals surface area (Å²) in [6, 6.07) is 10.9. The Bertz CT molecular complexity index is 1110.